The molecule has 0 radical (unpaired) electrons. The summed E-state index contributed by atoms with van der Waals surface area (Å²) >= 11 is 1.79. The van der Waals surface area contributed by atoms with E-state index in [1.54, 1.807) is 11.8 Å². The number of nitrogens with zero attached hydrogens (tertiary/aromatic N) is 1. The number of carbonyl (C=O) groups excluding carboxylic acids is 1. The first-order chi connectivity index (χ1) is 9.54. The highest BCUT2D eigenvalue weighted by Gasteiger charge is 2.38. The van der Waals surface area contributed by atoms with Crippen LogP contribution in [0.15, 0.2) is 0 Å². The van der Waals surface area contributed by atoms with Crippen LogP contribution in [0.25, 0.3) is 0 Å². The molecule has 1 aliphatic heterocycles. The number of hydrogen-bond donors (Lipinski definition) is 2. The molecule has 1 saturated heterocycles. The number of carboxylic acids is 1. The minimum absolute atomic E-state index is 0.0203. The number of nitrogens with one attached hydrogen (secondary N) is 1. The molecule has 0 aromatic carbocycles. The van der Waals surface area contributed by atoms with Crippen LogP contribution in [0.2, 0.25) is 0 Å². The van der Waals surface area contributed by atoms with E-state index in [0.29, 0.717) is 11.8 Å². The number of aliphatic carboxylic acids is 1. The van der Waals surface area contributed by atoms with Crippen molar-refractivity contribution < 1.29 is 14.7 Å². The van der Waals surface area contributed by atoms with E-state index in [2.05, 4.69) is 11.6 Å². The van der Waals surface area contributed by atoms with Crippen LogP contribution in [0.3, 0.4) is 0 Å². The number of carboxylic acid groups (broad SMARTS) is 1. The molecule has 114 valence electrons. The zero-order valence-corrected chi connectivity index (χ0v) is 13.0. The monoisotopic (exact) mass is 300 g/mol. The van der Waals surface area contributed by atoms with E-state index < -0.39 is 12.0 Å². The topological polar surface area (TPSA) is 69.6 Å². The van der Waals surface area contributed by atoms with Gasteiger partial charge in [0.2, 0.25) is 0 Å². The van der Waals surface area contributed by atoms with Crippen molar-refractivity contribution in [3.63, 3.8) is 0 Å². The molecule has 6 heteroatoms. The molecule has 0 aromatic heterocycles. The molecule has 2 fully saturated rings. The average molecular weight is 300 g/mol. The third-order valence-corrected chi connectivity index (χ3v) is 5.68. The van der Waals surface area contributed by atoms with Gasteiger partial charge in [-0.25, -0.2) is 9.59 Å². The molecule has 2 rings (SSSR count). The summed E-state index contributed by atoms with van der Waals surface area (Å²) in [5.74, 6) is -0.868. The van der Waals surface area contributed by atoms with Crippen LogP contribution in [0.5, 0.6) is 0 Å². The Bertz CT molecular complexity index is 377. The maximum Gasteiger partial charge on any atom is 0.326 e. The van der Waals surface area contributed by atoms with Gasteiger partial charge in [0.1, 0.15) is 6.04 Å². The van der Waals surface area contributed by atoms with Crippen LogP contribution in [0, 0.1) is 5.92 Å². The van der Waals surface area contributed by atoms with Gasteiger partial charge in [-0.05, 0) is 37.9 Å². The van der Waals surface area contributed by atoms with Gasteiger partial charge in [0, 0.05) is 17.8 Å². The Morgan fingerprint density at radius 3 is 2.65 bits per heavy atom. The predicted molar refractivity (Wildman–Crippen MR) is 80.0 cm³/mol. The molecule has 5 nitrogen and oxygen atoms in total. The third-order valence-electron chi connectivity index (χ3n) is 4.51. The molecule has 2 N–H and O–H groups in total. The zero-order valence-electron chi connectivity index (χ0n) is 12.2. The lowest BCUT2D eigenvalue weighted by Gasteiger charge is -2.38. The van der Waals surface area contributed by atoms with Gasteiger partial charge >= 0.3 is 12.0 Å². The van der Waals surface area contributed by atoms with Crippen LogP contribution in [0.1, 0.15) is 39.0 Å². The maximum absolute atomic E-state index is 12.4. The fourth-order valence-electron chi connectivity index (χ4n) is 3.41. The van der Waals surface area contributed by atoms with Crippen LogP contribution in [-0.4, -0.2) is 52.1 Å². The van der Waals surface area contributed by atoms with Crippen LogP contribution < -0.4 is 5.32 Å². The first-order valence-corrected chi connectivity index (χ1v) is 8.66. The standard InChI is InChI=1S/C14H24N2O3S/c1-9-5-4-8-16(12(9)13(17)18)14(19)15-10-6-3-7-11(10)20-2/h9-12H,3-8H2,1-2H3,(H,15,19)(H,17,18). The third kappa shape index (κ3) is 3.22. The number of carbonyl (C=O) groups is 2. The summed E-state index contributed by atoms with van der Waals surface area (Å²) in [5, 5.41) is 12.9. The van der Waals surface area contributed by atoms with Gasteiger partial charge in [-0.3, -0.25) is 0 Å². The summed E-state index contributed by atoms with van der Waals surface area (Å²) in [7, 11) is 0. The molecular formula is C14H24N2O3S. The minimum Gasteiger partial charge on any atom is -0.480 e. The maximum atomic E-state index is 12.4. The number of amides is 2. The summed E-state index contributed by atoms with van der Waals surface area (Å²) in [6.07, 6.45) is 7.09. The fourth-order valence-corrected chi connectivity index (χ4v) is 4.34. The quantitative estimate of drug-likeness (QED) is 0.838. The first-order valence-electron chi connectivity index (χ1n) is 7.37. The van der Waals surface area contributed by atoms with Crippen molar-refractivity contribution in [1.82, 2.24) is 10.2 Å². The highest BCUT2D eigenvalue weighted by molar-refractivity contribution is 7.99. The SMILES string of the molecule is CSC1CCCC1NC(=O)N1CCCC(C)C1C(=O)O. The number of likely N-dealkylation sites (tertiary alicyclic amines) is 1. The van der Waals surface area contributed by atoms with Crippen molar-refractivity contribution in [2.45, 2.75) is 56.4 Å². The zero-order chi connectivity index (χ0) is 14.7. The normalized spacial score (nSPS) is 34.0. The second-order valence-electron chi connectivity index (χ2n) is 5.86. The van der Waals surface area contributed by atoms with Crippen molar-refractivity contribution in [2.75, 3.05) is 12.8 Å². The van der Waals surface area contributed by atoms with Crippen molar-refractivity contribution in [3.8, 4) is 0 Å². The molecule has 20 heavy (non-hydrogen) atoms. The van der Waals surface area contributed by atoms with Gasteiger partial charge in [-0.15, -0.1) is 0 Å². The summed E-state index contributed by atoms with van der Waals surface area (Å²) in [5.41, 5.74) is 0. The Balaban J connectivity index is 2.01. The van der Waals surface area contributed by atoms with Crippen molar-refractivity contribution in [1.29, 1.82) is 0 Å². The number of urea groups is 1. The number of rotatable bonds is 3. The predicted octanol–water partition coefficient (Wildman–Crippen LogP) is 2.17. The molecule has 0 spiro atoms. The molecule has 0 aromatic rings. The molecule has 0 bridgehead atoms. The van der Waals surface area contributed by atoms with Crippen LogP contribution in [-0.2, 0) is 4.79 Å². The van der Waals surface area contributed by atoms with E-state index >= 15 is 0 Å². The smallest absolute Gasteiger partial charge is 0.326 e. The molecule has 4 atom stereocenters. The molecule has 1 saturated carbocycles. The lowest BCUT2D eigenvalue weighted by Crippen LogP contribution is -2.57. The average Bonchev–Trinajstić information content (AvgIpc) is 2.85. The molecule has 1 aliphatic carbocycles. The largest absolute Gasteiger partial charge is 0.480 e. The van der Waals surface area contributed by atoms with Gasteiger partial charge < -0.3 is 15.3 Å². The van der Waals surface area contributed by atoms with E-state index in [1.807, 2.05) is 6.92 Å². The van der Waals surface area contributed by atoms with Crippen LogP contribution in [0.4, 0.5) is 4.79 Å². The van der Waals surface area contributed by atoms with E-state index in [9.17, 15) is 14.7 Å². The summed E-state index contributed by atoms with van der Waals surface area (Å²) in [6, 6.07) is -0.697. The minimum atomic E-state index is -0.889. The number of thioether (sulfide) groups is 1. The lowest BCUT2D eigenvalue weighted by molar-refractivity contribution is -0.145. The second kappa shape index (κ2) is 6.70. The summed E-state index contributed by atoms with van der Waals surface area (Å²) in [4.78, 5) is 25.3. The molecule has 4 unspecified atom stereocenters. The highest BCUT2D eigenvalue weighted by atomic mass is 32.2. The first kappa shape index (κ1) is 15.5. The summed E-state index contributed by atoms with van der Waals surface area (Å²) < 4.78 is 0. The Morgan fingerprint density at radius 1 is 1.25 bits per heavy atom. The number of hydrogen-bond acceptors (Lipinski definition) is 3. The molecule has 2 aliphatic rings. The van der Waals surface area contributed by atoms with Gasteiger partial charge in [-0.1, -0.05) is 13.3 Å². The molecule has 2 amide bonds. The van der Waals surface area contributed by atoms with E-state index in [0.717, 1.165) is 32.1 Å². The number of piperidine rings is 1. The van der Waals surface area contributed by atoms with Crippen molar-refractivity contribution in [2.24, 2.45) is 5.92 Å². The van der Waals surface area contributed by atoms with E-state index in [-0.39, 0.29) is 18.0 Å². The van der Waals surface area contributed by atoms with Gasteiger partial charge in [0.15, 0.2) is 0 Å². The molecular weight excluding hydrogens is 276 g/mol. The highest BCUT2D eigenvalue weighted by Crippen LogP contribution is 2.29. The second-order valence-corrected chi connectivity index (χ2v) is 6.93. The summed E-state index contributed by atoms with van der Waals surface area (Å²) in [6.45, 7) is 2.46. The van der Waals surface area contributed by atoms with Gasteiger partial charge in [0.25, 0.3) is 0 Å². The van der Waals surface area contributed by atoms with Gasteiger partial charge in [0.05, 0.1) is 0 Å². The Hall–Kier alpha value is -0.910. The fraction of sp³-hybridized carbons (Fsp3) is 0.857. The van der Waals surface area contributed by atoms with E-state index in [1.165, 1.54) is 4.90 Å². The molecule has 1 heterocycles. The lowest BCUT2D eigenvalue weighted by atomic mass is 9.91. The Kier molecular flexibility index (Phi) is 5.18. The van der Waals surface area contributed by atoms with Crippen molar-refractivity contribution >= 4 is 23.8 Å². The van der Waals surface area contributed by atoms with Gasteiger partial charge in [-0.2, -0.15) is 11.8 Å². The van der Waals surface area contributed by atoms with Crippen molar-refractivity contribution in [3.05, 3.63) is 0 Å². The van der Waals surface area contributed by atoms with Crippen LogP contribution >= 0.6 is 11.8 Å². The Labute approximate surface area is 124 Å². The van der Waals surface area contributed by atoms with E-state index in [4.69, 9.17) is 0 Å². The Morgan fingerprint density at radius 2 is 2.00 bits per heavy atom.